The number of hydrogen-bond donors (Lipinski definition) is 0. The summed E-state index contributed by atoms with van der Waals surface area (Å²) >= 11 is 5.17. The molecule has 0 unspecified atom stereocenters. The lowest BCUT2D eigenvalue weighted by Crippen LogP contribution is -1.79. The van der Waals surface area contributed by atoms with Crippen molar-refractivity contribution in [1.29, 1.82) is 0 Å². The van der Waals surface area contributed by atoms with Crippen molar-refractivity contribution in [1.82, 2.24) is 4.98 Å². The van der Waals surface area contributed by atoms with Gasteiger partial charge in [0.15, 0.2) is 0 Å². The second kappa shape index (κ2) is 4.00. The Morgan fingerprint density at radius 2 is 1.88 bits per heavy atom. The SMILES string of the molecule is Brc1cccc(-c2cc3ccccc3s2)n1. The van der Waals surface area contributed by atoms with Gasteiger partial charge in [0.25, 0.3) is 0 Å². The first-order chi connectivity index (χ1) is 7.83. The van der Waals surface area contributed by atoms with Crippen LogP contribution in [0, 0.1) is 0 Å². The molecule has 0 fully saturated rings. The highest BCUT2D eigenvalue weighted by atomic mass is 79.9. The van der Waals surface area contributed by atoms with Gasteiger partial charge in [-0.2, -0.15) is 0 Å². The van der Waals surface area contributed by atoms with E-state index in [1.807, 2.05) is 18.2 Å². The summed E-state index contributed by atoms with van der Waals surface area (Å²) < 4.78 is 2.18. The van der Waals surface area contributed by atoms with E-state index in [4.69, 9.17) is 0 Å². The lowest BCUT2D eigenvalue weighted by molar-refractivity contribution is 1.29. The van der Waals surface area contributed by atoms with Gasteiger partial charge in [-0.25, -0.2) is 4.98 Å². The molecule has 0 atom stereocenters. The summed E-state index contributed by atoms with van der Waals surface area (Å²) in [7, 11) is 0. The van der Waals surface area contributed by atoms with Crippen LogP contribution in [-0.2, 0) is 0 Å². The van der Waals surface area contributed by atoms with Gasteiger partial charge in [-0.3, -0.25) is 0 Å². The van der Waals surface area contributed by atoms with Gasteiger partial charge >= 0.3 is 0 Å². The standard InChI is InChI=1S/C13H8BrNS/c14-13-7-3-5-10(15-13)12-8-9-4-1-2-6-11(9)16-12/h1-8H. The highest BCUT2D eigenvalue weighted by Crippen LogP contribution is 2.32. The molecule has 3 heteroatoms. The first kappa shape index (κ1) is 10.00. The summed E-state index contributed by atoms with van der Waals surface area (Å²) in [5.41, 5.74) is 1.02. The van der Waals surface area contributed by atoms with Gasteiger partial charge in [0.05, 0.1) is 10.6 Å². The molecule has 1 nitrogen and oxygen atoms in total. The Labute approximate surface area is 106 Å². The average molecular weight is 290 g/mol. The molecule has 0 radical (unpaired) electrons. The molecule has 0 aliphatic heterocycles. The van der Waals surface area contributed by atoms with E-state index in [2.05, 4.69) is 51.2 Å². The van der Waals surface area contributed by atoms with E-state index in [0.29, 0.717) is 0 Å². The van der Waals surface area contributed by atoms with Crippen LogP contribution in [0.4, 0.5) is 0 Å². The van der Waals surface area contributed by atoms with Crippen LogP contribution in [0.3, 0.4) is 0 Å². The third-order valence-corrected chi connectivity index (χ3v) is 3.97. The molecule has 78 valence electrons. The number of nitrogens with zero attached hydrogens (tertiary/aromatic N) is 1. The Hall–Kier alpha value is -1.19. The number of pyridine rings is 1. The molecule has 0 aliphatic rings. The van der Waals surface area contributed by atoms with E-state index in [9.17, 15) is 0 Å². The van der Waals surface area contributed by atoms with E-state index >= 15 is 0 Å². The number of fused-ring (bicyclic) bond motifs is 1. The molecule has 3 rings (SSSR count). The fourth-order valence-electron chi connectivity index (χ4n) is 1.65. The Kier molecular flexibility index (Phi) is 2.50. The van der Waals surface area contributed by atoms with Crippen molar-refractivity contribution in [2.24, 2.45) is 0 Å². The fourth-order valence-corrected chi connectivity index (χ4v) is 3.03. The smallest absolute Gasteiger partial charge is 0.106 e. The third-order valence-electron chi connectivity index (χ3n) is 2.39. The summed E-state index contributed by atoms with van der Waals surface area (Å²) in [5, 5.41) is 1.28. The van der Waals surface area contributed by atoms with Crippen molar-refractivity contribution in [3.8, 4) is 10.6 Å². The normalized spacial score (nSPS) is 10.8. The minimum absolute atomic E-state index is 0.877. The molecule has 0 amide bonds. The van der Waals surface area contributed by atoms with E-state index in [0.717, 1.165) is 10.3 Å². The number of thiophene rings is 1. The summed E-state index contributed by atoms with van der Waals surface area (Å²) in [6, 6.07) is 16.6. The Bertz CT molecular complexity index is 612. The Balaban J connectivity index is 2.19. The lowest BCUT2D eigenvalue weighted by atomic mass is 10.2. The van der Waals surface area contributed by atoms with Crippen molar-refractivity contribution in [3.63, 3.8) is 0 Å². The molecule has 0 bridgehead atoms. The zero-order chi connectivity index (χ0) is 11.0. The summed E-state index contributed by atoms with van der Waals surface area (Å²) in [6.45, 7) is 0. The van der Waals surface area contributed by atoms with E-state index in [1.54, 1.807) is 11.3 Å². The molecule has 1 aromatic carbocycles. The van der Waals surface area contributed by atoms with Crippen molar-refractivity contribution in [2.75, 3.05) is 0 Å². The van der Waals surface area contributed by atoms with Crippen LogP contribution in [0.25, 0.3) is 20.7 Å². The third kappa shape index (κ3) is 1.77. The molecule has 2 heterocycles. The minimum Gasteiger partial charge on any atom is -0.240 e. The quantitative estimate of drug-likeness (QED) is 0.591. The van der Waals surface area contributed by atoms with Gasteiger partial charge in [-0.05, 0) is 45.6 Å². The van der Waals surface area contributed by atoms with Crippen molar-refractivity contribution in [3.05, 3.63) is 53.1 Å². The highest BCUT2D eigenvalue weighted by Gasteiger charge is 2.04. The topological polar surface area (TPSA) is 12.9 Å². The molecule has 0 aliphatic carbocycles. The first-order valence-corrected chi connectivity index (χ1v) is 6.55. The zero-order valence-electron chi connectivity index (χ0n) is 8.35. The monoisotopic (exact) mass is 289 g/mol. The fraction of sp³-hybridized carbons (Fsp3) is 0. The van der Waals surface area contributed by atoms with Crippen molar-refractivity contribution < 1.29 is 0 Å². The second-order valence-electron chi connectivity index (χ2n) is 3.49. The number of hydrogen-bond acceptors (Lipinski definition) is 2. The minimum atomic E-state index is 0.877. The van der Waals surface area contributed by atoms with Gasteiger partial charge in [-0.1, -0.05) is 24.3 Å². The molecular weight excluding hydrogens is 282 g/mol. The molecule has 0 N–H and O–H groups in total. The summed E-state index contributed by atoms with van der Waals surface area (Å²) in [4.78, 5) is 5.68. The van der Waals surface area contributed by atoms with Crippen LogP contribution in [0.15, 0.2) is 53.1 Å². The van der Waals surface area contributed by atoms with Gasteiger partial charge in [-0.15, -0.1) is 11.3 Å². The van der Waals surface area contributed by atoms with E-state index < -0.39 is 0 Å². The zero-order valence-corrected chi connectivity index (χ0v) is 10.8. The van der Waals surface area contributed by atoms with Gasteiger partial charge < -0.3 is 0 Å². The average Bonchev–Trinajstić information content (AvgIpc) is 2.72. The Morgan fingerprint density at radius 1 is 1.00 bits per heavy atom. The van der Waals surface area contributed by atoms with Crippen LogP contribution in [0.2, 0.25) is 0 Å². The largest absolute Gasteiger partial charge is 0.240 e. The molecular formula is C13H8BrNS. The molecule has 0 saturated heterocycles. The van der Waals surface area contributed by atoms with Crippen molar-refractivity contribution in [2.45, 2.75) is 0 Å². The van der Waals surface area contributed by atoms with Crippen molar-refractivity contribution >= 4 is 37.4 Å². The van der Waals surface area contributed by atoms with Crippen LogP contribution in [-0.4, -0.2) is 4.98 Å². The maximum Gasteiger partial charge on any atom is 0.106 e. The van der Waals surface area contributed by atoms with Crippen LogP contribution < -0.4 is 0 Å². The van der Waals surface area contributed by atoms with Crippen LogP contribution in [0.5, 0.6) is 0 Å². The molecule has 16 heavy (non-hydrogen) atoms. The lowest BCUT2D eigenvalue weighted by Gasteiger charge is -1.95. The van der Waals surface area contributed by atoms with Gasteiger partial charge in [0.2, 0.25) is 0 Å². The maximum atomic E-state index is 4.47. The number of benzene rings is 1. The number of halogens is 1. The predicted octanol–water partition coefficient (Wildman–Crippen LogP) is 4.73. The maximum absolute atomic E-state index is 4.47. The first-order valence-electron chi connectivity index (χ1n) is 4.94. The Morgan fingerprint density at radius 3 is 2.69 bits per heavy atom. The van der Waals surface area contributed by atoms with Crippen LogP contribution >= 0.6 is 27.3 Å². The predicted molar refractivity (Wildman–Crippen MR) is 72.8 cm³/mol. The van der Waals surface area contributed by atoms with E-state index in [-0.39, 0.29) is 0 Å². The number of aromatic nitrogens is 1. The molecule has 3 aromatic rings. The highest BCUT2D eigenvalue weighted by molar-refractivity contribution is 9.10. The summed E-state index contributed by atoms with van der Waals surface area (Å²) in [6.07, 6.45) is 0. The van der Waals surface area contributed by atoms with Gasteiger partial charge in [0.1, 0.15) is 4.60 Å². The molecule has 0 spiro atoms. The number of rotatable bonds is 1. The van der Waals surface area contributed by atoms with Gasteiger partial charge in [0, 0.05) is 4.70 Å². The molecule has 2 aromatic heterocycles. The second-order valence-corrected chi connectivity index (χ2v) is 5.39. The summed E-state index contributed by atoms with van der Waals surface area (Å²) in [5.74, 6) is 0. The van der Waals surface area contributed by atoms with E-state index in [1.165, 1.54) is 15.0 Å². The van der Waals surface area contributed by atoms with Crippen LogP contribution in [0.1, 0.15) is 0 Å². The molecule has 0 saturated carbocycles.